The highest BCUT2D eigenvalue weighted by atomic mass is 35.5. The highest BCUT2D eigenvalue weighted by Gasteiger charge is 2.06. The Labute approximate surface area is 103 Å². The van der Waals surface area contributed by atoms with Crippen molar-refractivity contribution in [2.24, 2.45) is 0 Å². The number of hydrogen-bond acceptors (Lipinski definition) is 2. The van der Waals surface area contributed by atoms with Gasteiger partial charge in [0.05, 0.1) is 6.10 Å². The molecule has 0 radical (unpaired) electrons. The molecule has 0 atom stereocenters. The first-order valence-corrected chi connectivity index (χ1v) is 6.17. The maximum Gasteiger partial charge on any atom is 0.124 e. The summed E-state index contributed by atoms with van der Waals surface area (Å²) < 4.78 is 5.73. The average molecular weight is 242 g/mol. The van der Waals surface area contributed by atoms with E-state index >= 15 is 0 Å². The summed E-state index contributed by atoms with van der Waals surface area (Å²) in [7, 11) is 0. The Morgan fingerprint density at radius 2 is 2.12 bits per heavy atom. The molecule has 90 valence electrons. The molecule has 0 aliphatic heterocycles. The van der Waals surface area contributed by atoms with Crippen molar-refractivity contribution in [3.63, 3.8) is 0 Å². The second-order valence-corrected chi connectivity index (χ2v) is 4.53. The first kappa shape index (κ1) is 13.3. The van der Waals surface area contributed by atoms with Gasteiger partial charge >= 0.3 is 0 Å². The molecule has 3 heteroatoms. The third-order valence-corrected chi connectivity index (χ3v) is 2.36. The van der Waals surface area contributed by atoms with Gasteiger partial charge < -0.3 is 10.1 Å². The van der Waals surface area contributed by atoms with Crippen LogP contribution >= 0.6 is 11.6 Å². The van der Waals surface area contributed by atoms with Gasteiger partial charge in [0, 0.05) is 17.1 Å². The lowest BCUT2D eigenvalue weighted by molar-refractivity contribution is 0.239. The summed E-state index contributed by atoms with van der Waals surface area (Å²) in [5, 5.41) is 4.11. The van der Waals surface area contributed by atoms with Crippen LogP contribution in [0.3, 0.4) is 0 Å². The summed E-state index contributed by atoms with van der Waals surface area (Å²) in [6.07, 6.45) is 1.31. The maximum absolute atomic E-state index is 5.98. The number of hydrogen-bond donors (Lipinski definition) is 1. The Balaban J connectivity index is 2.73. The maximum atomic E-state index is 5.98. The van der Waals surface area contributed by atoms with Crippen LogP contribution in [0.25, 0.3) is 0 Å². The molecule has 1 rings (SSSR count). The topological polar surface area (TPSA) is 21.3 Å². The van der Waals surface area contributed by atoms with Crippen molar-refractivity contribution < 1.29 is 4.74 Å². The molecule has 0 fully saturated rings. The third kappa shape index (κ3) is 4.42. The van der Waals surface area contributed by atoms with E-state index in [0.29, 0.717) is 0 Å². The van der Waals surface area contributed by atoms with Gasteiger partial charge in [-0.05, 0) is 45.0 Å². The van der Waals surface area contributed by atoms with Gasteiger partial charge in [-0.25, -0.2) is 0 Å². The van der Waals surface area contributed by atoms with Gasteiger partial charge in [-0.2, -0.15) is 0 Å². The molecule has 0 bridgehead atoms. The van der Waals surface area contributed by atoms with Crippen LogP contribution in [-0.4, -0.2) is 12.6 Å². The zero-order valence-electron chi connectivity index (χ0n) is 10.2. The van der Waals surface area contributed by atoms with E-state index in [4.69, 9.17) is 16.3 Å². The fourth-order valence-corrected chi connectivity index (χ4v) is 1.65. The molecule has 0 aromatic heterocycles. The van der Waals surface area contributed by atoms with E-state index in [1.165, 1.54) is 0 Å². The number of ether oxygens (including phenoxy) is 1. The molecular formula is C13H20ClNO. The van der Waals surface area contributed by atoms with Crippen molar-refractivity contribution in [3.05, 3.63) is 28.8 Å². The molecule has 0 heterocycles. The molecule has 0 aliphatic carbocycles. The van der Waals surface area contributed by atoms with Gasteiger partial charge in [-0.15, -0.1) is 0 Å². The van der Waals surface area contributed by atoms with Gasteiger partial charge in [0.1, 0.15) is 5.75 Å². The summed E-state index contributed by atoms with van der Waals surface area (Å²) in [6.45, 7) is 8.01. The second kappa shape index (κ2) is 6.77. The lowest BCUT2D eigenvalue weighted by Crippen LogP contribution is -2.16. The van der Waals surface area contributed by atoms with E-state index in [1.807, 2.05) is 32.0 Å². The van der Waals surface area contributed by atoms with Gasteiger partial charge in [0.2, 0.25) is 0 Å². The van der Waals surface area contributed by atoms with Crippen molar-refractivity contribution in [3.8, 4) is 5.75 Å². The van der Waals surface area contributed by atoms with Crippen LogP contribution < -0.4 is 10.1 Å². The van der Waals surface area contributed by atoms with Crippen LogP contribution in [0.5, 0.6) is 5.75 Å². The summed E-state index contributed by atoms with van der Waals surface area (Å²) in [4.78, 5) is 0. The third-order valence-electron chi connectivity index (χ3n) is 2.13. The first-order chi connectivity index (χ1) is 7.63. The molecule has 0 aliphatic rings. The molecule has 16 heavy (non-hydrogen) atoms. The fourth-order valence-electron chi connectivity index (χ4n) is 1.45. The number of halogens is 1. The van der Waals surface area contributed by atoms with E-state index < -0.39 is 0 Å². The van der Waals surface area contributed by atoms with Crippen LogP contribution in [0.2, 0.25) is 5.02 Å². The largest absolute Gasteiger partial charge is 0.491 e. The fraction of sp³-hybridized carbons (Fsp3) is 0.538. The monoisotopic (exact) mass is 241 g/mol. The predicted molar refractivity (Wildman–Crippen MR) is 69.2 cm³/mol. The molecule has 0 amide bonds. The van der Waals surface area contributed by atoms with Crippen molar-refractivity contribution in [2.75, 3.05) is 6.54 Å². The zero-order valence-corrected chi connectivity index (χ0v) is 11.0. The van der Waals surface area contributed by atoms with E-state index in [9.17, 15) is 0 Å². The van der Waals surface area contributed by atoms with Crippen LogP contribution in [0.1, 0.15) is 32.8 Å². The van der Waals surface area contributed by atoms with Crippen molar-refractivity contribution in [1.82, 2.24) is 5.32 Å². The first-order valence-electron chi connectivity index (χ1n) is 5.79. The van der Waals surface area contributed by atoms with Gasteiger partial charge in [0.25, 0.3) is 0 Å². The van der Waals surface area contributed by atoms with E-state index in [0.717, 1.165) is 35.8 Å². The van der Waals surface area contributed by atoms with E-state index in [-0.39, 0.29) is 6.10 Å². The average Bonchev–Trinajstić information content (AvgIpc) is 2.22. The molecule has 1 N–H and O–H groups in total. The van der Waals surface area contributed by atoms with E-state index in [2.05, 4.69) is 12.2 Å². The highest BCUT2D eigenvalue weighted by molar-refractivity contribution is 6.30. The molecular weight excluding hydrogens is 222 g/mol. The summed E-state index contributed by atoms with van der Waals surface area (Å²) in [5.74, 6) is 0.919. The Morgan fingerprint density at radius 1 is 1.38 bits per heavy atom. The Kier molecular flexibility index (Phi) is 5.64. The second-order valence-electron chi connectivity index (χ2n) is 4.10. The highest BCUT2D eigenvalue weighted by Crippen LogP contribution is 2.23. The smallest absolute Gasteiger partial charge is 0.124 e. The molecule has 1 aromatic carbocycles. The van der Waals surface area contributed by atoms with Crippen LogP contribution in [-0.2, 0) is 6.54 Å². The number of rotatable bonds is 6. The predicted octanol–water partition coefficient (Wildman–Crippen LogP) is 3.63. The minimum absolute atomic E-state index is 0.186. The summed E-state index contributed by atoms with van der Waals surface area (Å²) in [5.41, 5.74) is 1.12. The molecule has 1 aromatic rings. The van der Waals surface area contributed by atoms with Gasteiger partial charge in [-0.3, -0.25) is 0 Å². The quantitative estimate of drug-likeness (QED) is 0.768. The number of benzene rings is 1. The lowest BCUT2D eigenvalue weighted by Gasteiger charge is -2.15. The van der Waals surface area contributed by atoms with Crippen molar-refractivity contribution in [1.29, 1.82) is 0 Å². The molecule has 0 spiro atoms. The molecule has 0 saturated heterocycles. The molecule has 0 unspecified atom stereocenters. The molecule has 2 nitrogen and oxygen atoms in total. The zero-order chi connectivity index (χ0) is 12.0. The molecule has 0 saturated carbocycles. The van der Waals surface area contributed by atoms with Crippen molar-refractivity contribution >= 4 is 11.6 Å². The van der Waals surface area contributed by atoms with E-state index in [1.54, 1.807) is 0 Å². The standard InChI is InChI=1S/C13H20ClNO/c1-4-7-15-9-11-8-12(14)5-6-13(11)16-10(2)3/h5-6,8,10,15H,4,7,9H2,1-3H3. The van der Waals surface area contributed by atoms with Gasteiger partial charge in [-0.1, -0.05) is 18.5 Å². The van der Waals surface area contributed by atoms with Crippen LogP contribution in [0.4, 0.5) is 0 Å². The minimum atomic E-state index is 0.186. The van der Waals surface area contributed by atoms with Crippen LogP contribution in [0, 0.1) is 0 Å². The van der Waals surface area contributed by atoms with Crippen molar-refractivity contribution in [2.45, 2.75) is 39.8 Å². The lowest BCUT2D eigenvalue weighted by atomic mass is 10.2. The minimum Gasteiger partial charge on any atom is -0.491 e. The summed E-state index contributed by atoms with van der Waals surface area (Å²) in [6, 6.07) is 5.76. The Hall–Kier alpha value is -0.730. The normalized spacial score (nSPS) is 10.8. The van der Waals surface area contributed by atoms with Crippen LogP contribution in [0.15, 0.2) is 18.2 Å². The Bertz CT molecular complexity index is 326. The SMILES string of the molecule is CCCNCc1cc(Cl)ccc1OC(C)C. The van der Waals surface area contributed by atoms with Gasteiger partial charge in [0.15, 0.2) is 0 Å². The number of nitrogens with one attached hydrogen (secondary N) is 1. The Morgan fingerprint density at radius 3 is 2.75 bits per heavy atom. The summed E-state index contributed by atoms with van der Waals surface area (Å²) >= 11 is 5.98.